The van der Waals surface area contributed by atoms with Gasteiger partial charge in [-0.05, 0) is 54.3 Å². The van der Waals surface area contributed by atoms with Gasteiger partial charge >= 0.3 is 0 Å². The molecule has 0 aromatic heterocycles. The van der Waals surface area contributed by atoms with Crippen LogP contribution in [0.4, 0.5) is 0 Å². The molecule has 3 rings (SSSR count). The number of carbonyl (C=O) groups excluding carboxylic acids is 1. The molecule has 0 aliphatic carbocycles. The van der Waals surface area contributed by atoms with Crippen LogP contribution in [0.3, 0.4) is 0 Å². The number of hydrogen-bond donors (Lipinski definition) is 0. The van der Waals surface area contributed by atoms with Crippen LogP contribution in [0.5, 0.6) is 23.0 Å². The molecule has 0 unspecified atom stereocenters. The number of aldehydes is 1. The van der Waals surface area contributed by atoms with Gasteiger partial charge in [-0.1, -0.05) is 36.4 Å². The molecule has 0 N–H and O–H groups in total. The molecule has 138 valence electrons. The Bertz CT molecular complexity index is 901. The highest BCUT2D eigenvalue weighted by Gasteiger charge is 2.12. The zero-order valence-corrected chi connectivity index (χ0v) is 15.5. The molecular formula is C23H22O4. The van der Waals surface area contributed by atoms with Crippen molar-refractivity contribution in [3.8, 4) is 23.0 Å². The van der Waals surface area contributed by atoms with Gasteiger partial charge in [0.1, 0.15) is 17.8 Å². The van der Waals surface area contributed by atoms with Crippen LogP contribution >= 0.6 is 0 Å². The van der Waals surface area contributed by atoms with Crippen molar-refractivity contribution in [2.24, 2.45) is 0 Å². The van der Waals surface area contributed by atoms with Gasteiger partial charge in [0.25, 0.3) is 0 Å². The zero-order valence-electron chi connectivity index (χ0n) is 15.5. The molecule has 4 heteroatoms. The molecular weight excluding hydrogens is 340 g/mol. The molecule has 0 saturated carbocycles. The van der Waals surface area contributed by atoms with E-state index in [9.17, 15) is 4.79 Å². The van der Waals surface area contributed by atoms with Crippen LogP contribution in [-0.4, -0.2) is 20.5 Å². The minimum absolute atomic E-state index is 0.571. The van der Waals surface area contributed by atoms with Gasteiger partial charge in [-0.3, -0.25) is 4.79 Å². The van der Waals surface area contributed by atoms with Gasteiger partial charge in [-0.2, -0.15) is 0 Å². The van der Waals surface area contributed by atoms with E-state index in [1.54, 1.807) is 32.4 Å². The van der Waals surface area contributed by atoms with Crippen molar-refractivity contribution >= 4 is 6.29 Å². The van der Waals surface area contributed by atoms with Gasteiger partial charge in [-0.25, -0.2) is 0 Å². The fourth-order valence-corrected chi connectivity index (χ4v) is 2.88. The van der Waals surface area contributed by atoms with Crippen LogP contribution < -0.4 is 14.2 Å². The monoisotopic (exact) mass is 362 g/mol. The maximum absolute atomic E-state index is 11.0. The number of aryl methyl sites for hydroxylation is 2. The normalized spacial score (nSPS) is 10.3. The van der Waals surface area contributed by atoms with E-state index in [-0.39, 0.29) is 0 Å². The number of hydrogen-bond acceptors (Lipinski definition) is 4. The maximum atomic E-state index is 11.0. The van der Waals surface area contributed by atoms with Gasteiger partial charge in [0.2, 0.25) is 0 Å². The third-order valence-corrected chi connectivity index (χ3v) is 4.34. The molecule has 3 aromatic carbocycles. The summed E-state index contributed by atoms with van der Waals surface area (Å²) < 4.78 is 16.8. The van der Waals surface area contributed by atoms with Crippen LogP contribution in [0, 0.1) is 0 Å². The summed E-state index contributed by atoms with van der Waals surface area (Å²) >= 11 is 0. The predicted molar refractivity (Wildman–Crippen MR) is 105 cm³/mol. The van der Waals surface area contributed by atoms with Crippen molar-refractivity contribution < 1.29 is 19.0 Å². The van der Waals surface area contributed by atoms with Gasteiger partial charge in [0.05, 0.1) is 14.2 Å². The summed E-state index contributed by atoms with van der Waals surface area (Å²) in [5.74, 6) is 2.80. The Balaban J connectivity index is 1.82. The van der Waals surface area contributed by atoms with Gasteiger partial charge < -0.3 is 14.2 Å². The number of para-hydroxylation sites is 1. The fourth-order valence-electron chi connectivity index (χ4n) is 2.88. The van der Waals surface area contributed by atoms with Gasteiger partial charge in [0, 0.05) is 5.56 Å². The largest absolute Gasteiger partial charge is 0.497 e. The smallest absolute Gasteiger partial charge is 0.172 e. The number of carbonyl (C=O) groups is 1. The number of rotatable bonds is 8. The van der Waals surface area contributed by atoms with Gasteiger partial charge in [0.15, 0.2) is 11.5 Å². The number of ether oxygens (including phenoxy) is 3. The Kier molecular flexibility index (Phi) is 6.10. The lowest BCUT2D eigenvalue weighted by molar-refractivity contribution is 0.112. The standard InChI is InChI=1S/C23H22O4/c1-25-20-13-10-17(11-14-20)9-12-19-6-4-8-22(26-2)23(19)27-21-7-3-5-18(15-21)16-24/h3-8,10-11,13-16H,9,12H2,1-2H3. The van der Waals surface area contributed by atoms with E-state index in [0.717, 1.165) is 30.4 Å². The minimum atomic E-state index is 0.571. The van der Waals surface area contributed by atoms with Crippen LogP contribution in [0.1, 0.15) is 21.5 Å². The SMILES string of the molecule is COc1ccc(CCc2cccc(OC)c2Oc2cccc(C=O)c2)cc1. The zero-order chi connectivity index (χ0) is 19.1. The summed E-state index contributed by atoms with van der Waals surface area (Å²) in [5.41, 5.74) is 2.83. The highest BCUT2D eigenvalue weighted by Crippen LogP contribution is 2.36. The van der Waals surface area contributed by atoms with E-state index in [0.29, 0.717) is 22.8 Å². The Morgan fingerprint density at radius 1 is 0.815 bits per heavy atom. The molecule has 0 radical (unpaired) electrons. The first-order valence-corrected chi connectivity index (χ1v) is 8.75. The molecule has 3 aromatic rings. The molecule has 0 saturated heterocycles. The molecule has 4 nitrogen and oxygen atoms in total. The Morgan fingerprint density at radius 3 is 2.30 bits per heavy atom. The molecule has 0 aliphatic heterocycles. The van der Waals surface area contributed by atoms with Crippen LogP contribution in [0.15, 0.2) is 66.7 Å². The summed E-state index contributed by atoms with van der Waals surface area (Å²) in [6.45, 7) is 0. The topological polar surface area (TPSA) is 44.8 Å². The third-order valence-electron chi connectivity index (χ3n) is 4.34. The van der Waals surface area contributed by atoms with Crippen LogP contribution in [0.2, 0.25) is 0 Å². The average molecular weight is 362 g/mol. The second-order valence-corrected chi connectivity index (χ2v) is 6.09. The highest BCUT2D eigenvalue weighted by molar-refractivity contribution is 5.75. The molecule has 0 atom stereocenters. The van der Waals surface area contributed by atoms with Crippen molar-refractivity contribution in [3.05, 3.63) is 83.4 Å². The first-order chi connectivity index (χ1) is 13.2. The van der Waals surface area contributed by atoms with Crippen molar-refractivity contribution in [2.75, 3.05) is 14.2 Å². The molecule has 0 heterocycles. The number of benzene rings is 3. The Hall–Kier alpha value is -3.27. The average Bonchev–Trinajstić information content (AvgIpc) is 2.73. The lowest BCUT2D eigenvalue weighted by Gasteiger charge is -2.15. The summed E-state index contributed by atoms with van der Waals surface area (Å²) in [4.78, 5) is 11.0. The second-order valence-electron chi connectivity index (χ2n) is 6.09. The first-order valence-electron chi connectivity index (χ1n) is 8.75. The Morgan fingerprint density at radius 2 is 1.59 bits per heavy atom. The van der Waals surface area contributed by atoms with E-state index in [2.05, 4.69) is 12.1 Å². The summed E-state index contributed by atoms with van der Waals surface area (Å²) in [6.07, 6.45) is 2.47. The van der Waals surface area contributed by atoms with E-state index in [1.165, 1.54) is 5.56 Å². The molecule has 0 amide bonds. The second kappa shape index (κ2) is 8.90. The molecule has 27 heavy (non-hydrogen) atoms. The number of methoxy groups -OCH3 is 2. The summed E-state index contributed by atoms with van der Waals surface area (Å²) in [7, 11) is 3.28. The maximum Gasteiger partial charge on any atom is 0.172 e. The highest BCUT2D eigenvalue weighted by atomic mass is 16.5. The summed E-state index contributed by atoms with van der Waals surface area (Å²) in [5, 5.41) is 0. The molecule has 0 aliphatic rings. The summed E-state index contributed by atoms with van der Waals surface area (Å²) in [6, 6.07) is 21.0. The Labute approximate surface area is 159 Å². The van der Waals surface area contributed by atoms with Crippen LogP contribution in [0.25, 0.3) is 0 Å². The van der Waals surface area contributed by atoms with E-state index in [1.807, 2.05) is 36.4 Å². The van der Waals surface area contributed by atoms with Crippen molar-refractivity contribution in [1.29, 1.82) is 0 Å². The van der Waals surface area contributed by atoms with Crippen molar-refractivity contribution in [2.45, 2.75) is 12.8 Å². The van der Waals surface area contributed by atoms with Crippen molar-refractivity contribution in [3.63, 3.8) is 0 Å². The minimum Gasteiger partial charge on any atom is -0.497 e. The van der Waals surface area contributed by atoms with E-state index < -0.39 is 0 Å². The molecule has 0 fully saturated rings. The third kappa shape index (κ3) is 4.67. The van der Waals surface area contributed by atoms with E-state index in [4.69, 9.17) is 14.2 Å². The van der Waals surface area contributed by atoms with Crippen LogP contribution in [-0.2, 0) is 12.8 Å². The fraction of sp³-hybridized carbons (Fsp3) is 0.174. The lowest BCUT2D eigenvalue weighted by Crippen LogP contribution is -1.98. The first kappa shape index (κ1) is 18.5. The predicted octanol–water partition coefficient (Wildman–Crippen LogP) is 5.09. The lowest BCUT2D eigenvalue weighted by atomic mass is 10.0. The molecule has 0 bridgehead atoms. The quantitative estimate of drug-likeness (QED) is 0.523. The van der Waals surface area contributed by atoms with Crippen molar-refractivity contribution in [1.82, 2.24) is 0 Å². The molecule has 0 spiro atoms. The van der Waals surface area contributed by atoms with E-state index >= 15 is 0 Å². The van der Waals surface area contributed by atoms with Gasteiger partial charge in [-0.15, -0.1) is 0 Å².